The first-order chi connectivity index (χ1) is 12.1. The van der Waals surface area contributed by atoms with Gasteiger partial charge in [0.25, 0.3) is 0 Å². The average molecular weight is 395 g/mol. The molecule has 0 unspecified atom stereocenters. The van der Waals surface area contributed by atoms with Crippen molar-refractivity contribution in [2.75, 3.05) is 0 Å². The summed E-state index contributed by atoms with van der Waals surface area (Å²) in [5.74, 6) is 0. The molecule has 4 amide bonds. The summed E-state index contributed by atoms with van der Waals surface area (Å²) in [5.41, 5.74) is 7.06. The number of urea groups is 2. The second-order valence-electron chi connectivity index (χ2n) is 4.86. The highest BCUT2D eigenvalue weighted by Crippen LogP contribution is 2.36. The highest BCUT2D eigenvalue weighted by atomic mass is 33.5. The van der Waals surface area contributed by atoms with E-state index in [2.05, 4.69) is 10.0 Å². The molecule has 0 heterocycles. The third-order valence-corrected chi connectivity index (χ3v) is 6.20. The van der Waals surface area contributed by atoms with Gasteiger partial charge in [-0.25, -0.2) is 9.59 Å². The van der Waals surface area contributed by atoms with E-state index in [4.69, 9.17) is 5.73 Å². The first-order valence-corrected chi connectivity index (χ1v) is 10.8. The molecule has 25 heavy (non-hydrogen) atoms. The summed E-state index contributed by atoms with van der Waals surface area (Å²) in [6.45, 7) is 0.888. The molecule has 0 aliphatic heterocycles. The lowest BCUT2D eigenvalue weighted by atomic mass is 10.2. The van der Waals surface area contributed by atoms with E-state index in [1.165, 1.54) is 20.8 Å². The molecule has 0 aliphatic rings. The molecule has 0 bridgehead atoms. The van der Waals surface area contributed by atoms with Crippen LogP contribution in [0.15, 0.2) is 60.7 Å². The normalized spacial score (nSPS) is 10.1. The first-order valence-electron chi connectivity index (χ1n) is 7.34. The predicted octanol–water partition coefficient (Wildman–Crippen LogP) is 3.93. The van der Waals surface area contributed by atoms with Crippen LogP contribution in [-0.4, -0.2) is 16.4 Å². The topological polar surface area (TPSA) is 87.5 Å². The monoisotopic (exact) mass is 394 g/mol. The van der Waals surface area contributed by atoms with E-state index in [9.17, 15) is 9.59 Å². The van der Waals surface area contributed by atoms with E-state index in [0.717, 1.165) is 22.1 Å². The Morgan fingerprint density at radius 2 is 1.56 bits per heavy atom. The van der Waals surface area contributed by atoms with Crippen molar-refractivity contribution in [3.8, 4) is 0 Å². The zero-order valence-electron chi connectivity index (χ0n) is 13.3. The molecule has 9 heteroatoms. The molecule has 6 nitrogen and oxygen atoms in total. The summed E-state index contributed by atoms with van der Waals surface area (Å²) in [4.78, 5) is 23.2. The van der Waals surface area contributed by atoms with Crippen molar-refractivity contribution in [3.63, 3.8) is 0 Å². The number of nitrogens with zero attached hydrogens (tertiary/aromatic N) is 1. The van der Waals surface area contributed by atoms with Crippen molar-refractivity contribution in [1.29, 1.82) is 0 Å². The molecule has 0 fully saturated rings. The summed E-state index contributed by atoms with van der Waals surface area (Å²) in [5, 5.41) is 2.90. The fourth-order valence-corrected chi connectivity index (χ4v) is 4.67. The molecule has 0 spiro atoms. The van der Waals surface area contributed by atoms with Crippen molar-refractivity contribution in [3.05, 3.63) is 71.8 Å². The molecule has 2 aromatic carbocycles. The number of nitrogens with one attached hydrogen (secondary N) is 2. The molecule has 4 N–H and O–H groups in total. The predicted molar refractivity (Wildman–Crippen MR) is 106 cm³/mol. The highest BCUT2D eigenvalue weighted by molar-refractivity contribution is 9.08. The summed E-state index contributed by atoms with van der Waals surface area (Å²) in [7, 11) is 3.54. The van der Waals surface area contributed by atoms with E-state index in [0.29, 0.717) is 13.1 Å². The van der Waals surface area contributed by atoms with Gasteiger partial charge in [-0.1, -0.05) is 60.7 Å². The summed E-state index contributed by atoms with van der Waals surface area (Å²) >= 11 is 0. The van der Waals surface area contributed by atoms with Gasteiger partial charge in [-0.2, -0.15) is 0 Å². The SMILES string of the molecule is NC(=O)NSSSN(Cc1ccccc1)C(=O)NCc1ccccc1. The Morgan fingerprint density at radius 1 is 0.960 bits per heavy atom. The number of nitrogens with two attached hydrogens (primary N) is 1. The van der Waals surface area contributed by atoms with Crippen LogP contribution in [0.1, 0.15) is 11.1 Å². The maximum absolute atomic E-state index is 12.5. The van der Waals surface area contributed by atoms with Crippen molar-refractivity contribution in [2.24, 2.45) is 5.73 Å². The van der Waals surface area contributed by atoms with Gasteiger partial charge in [0, 0.05) is 38.3 Å². The van der Waals surface area contributed by atoms with Crippen LogP contribution in [0.2, 0.25) is 0 Å². The summed E-state index contributed by atoms with van der Waals surface area (Å²) in [6.07, 6.45) is 0. The van der Waals surface area contributed by atoms with Gasteiger partial charge in [0.2, 0.25) is 0 Å². The van der Waals surface area contributed by atoms with E-state index in [-0.39, 0.29) is 6.03 Å². The van der Waals surface area contributed by atoms with Gasteiger partial charge in [0.15, 0.2) is 0 Å². The molecule has 0 saturated heterocycles. The van der Waals surface area contributed by atoms with Crippen molar-refractivity contribution in [1.82, 2.24) is 14.3 Å². The number of rotatable bonds is 8. The average Bonchev–Trinajstić information content (AvgIpc) is 2.63. The molecule has 0 radical (unpaired) electrons. The molecule has 0 saturated carbocycles. The lowest BCUT2D eigenvalue weighted by Gasteiger charge is -2.20. The Kier molecular flexibility index (Phi) is 8.36. The quantitative estimate of drug-likeness (QED) is 0.359. The van der Waals surface area contributed by atoms with E-state index in [1.54, 1.807) is 4.31 Å². The second kappa shape index (κ2) is 10.8. The third kappa shape index (κ3) is 7.63. The van der Waals surface area contributed by atoms with Crippen LogP contribution in [0.5, 0.6) is 0 Å². The molecule has 132 valence electrons. The summed E-state index contributed by atoms with van der Waals surface area (Å²) < 4.78 is 4.00. The maximum Gasteiger partial charge on any atom is 0.328 e. The number of primary amides is 1. The van der Waals surface area contributed by atoms with Gasteiger partial charge in [-0.3, -0.25) is 9.03 Å². The molecular formula is C16H18N4O2S3. The fourth-order valence-electron chi connectivity index (χ4n) is 1.85. The Labute approximate surface area is 158 Å². The van der Waals surface area contributed by atoms with E-state index in [1.807, 2.05) is 60.7 Å². The van der Waals surface area contributed by atoms with Gasteiger partial charge in [0.05, 0.1) is 6.54 Å². The van der Waals surface area contributed by atoms with Gasteiger partial charge < -0.3 is 11.1 Å². The first kappa shape index (κ1) is 19.4. The van der Waals surface area contributed by atoms with Crippen molar-refractivity contribution >= 4 is 43.8 Å². The van der Waals surface area contributed by atoms with Crippen LogP contribution in [0.25, 0.3) is 0 Å². The molecule has 2 aromatic rings. The van der Waals surface area contributed by atoms with Crippen molar-refractivity contribution < 1.29 is 9.59 Å². The van der Waals surface area contributed by atoms with Gasteiger partial charge in [-0.05, 0) is 11.1 Å². The minimum atomic E-state index is -0.624. The van der Waals surface area contributed by atoms with Crippen LogP contribution in [0, 0.1) is 0 Å². The number of carbonyl (C=O) groups excluding carboxylic acids is 2. The smallest absolute Gasteiger partial charge is 0.328 e. The standard InChI is InChI=1S/C16H18N4O2S3/c17-15(21)19-23-25-24-20(12-14-9-5-2-6-10-14)16(22)18-11-13-7-3-1-4-8-13/h1-10H,11-12H2,(H,18,22)(H3,17,19,21). The number of hydrogen-bond acceptors (Lipinski definition) is 5. The highest BCUT2D eigenvalue weighted by Gasteiger charge is 2.15. The Morgan fingerprint density at radius 3 is 2.16 bits per heavy atom. The zero-order chi connectivity index (χ0) is 17.9. The molecule has 0 aliphatic carbocycles. The second-order valence-corrected chi connectivity index (χ2v) is 8.54. The maximum atomic E-state index is 12.5. The molecule has 2 rings (SSSR count). The minimum absolute atomic E-state index is 0.204. The molecular weight excluding hydrogens is 376 g/mol. The fraction of sp³-hybridized carbons (Fsp3) is 0.125. The number of benzene rings is 2. The molecule has 0 aromatic heterocycles. The van der Waals surface area contributed by atoms with Crippen LogP contribution < -0.4 is 15.8 Å². The zero-order valence-corrected chi connectivity index (χ0v) is 15.7. The van der Waals surface area contributed by atoms with Crippen LogP contribution in [-0.2, 0) is 13.1 Å². The Hall–Kier alpha value is -1.97. The van der Waals surface area contributed by atoms with Gasteiger partial charge >= 0.3 is 12.1 Å². The van der Waals surface area contributed by atoms with Crippen molar-refractivity contribution in [2.45, 2.75) is 13.1 Å². The largest absolute Gasteiger partial charge is 0.351 e. The lowest BCUT2D eigenvalue weighted by Crippen LogP contribution is -2.34. The number of hydrogen-bond donors (Lipinski definition) is 3. The Balaban J connectivity index is 1.91. The van der Waals surface area contributed by atoms with E-state index < -0.39 is 6.03 Å². The van der Waals surface area contributed by atoms with Crippen LogP contribution in [0.3, 0.4) is 0 Å². The number of carbonyl (C=O) groups is 2. The van der Waals surface area contributed by atoms with Crippen LogP contribution >= 0.6 is 31.8 Å². The van der Waals surface area contributed by atoms with Gasteiger partial charge in [0.1, 0.15) is 0 Å². The molecule has 0 atom stereocenters. The Bertz CT molecular complexity index is 674. The summed E-state index contributed by atoms with van der Waals surface area (Å²) in [6, 6.07) is 18.6. The third-order valence-electron chi connectivity index (χ3n) is 2.98. The minimum Gasteiger partial charge on any atom is -0.351 e. The lowest BCUT2D eigenvalue weighted by molar-refractivity contribution is 0.225. The van der Waals surface area contributed by atoms with Gasteiger partial charge in [-0.15, -0.1) is 0 Å². The number of amides is 4. The van der Waals surface area contributed by atoms with Crippen LogP contribution in [0.4, 0.5) is 9.59 Å². The van der Waals surface area contributed by atoms with E-state index >= 15 is 0 Å².